The lowest BCUT2D eigenvalue weighted by Gasteiger charge is -2.34. The average molecular weight is 494 g/mol. The van der Waals surface area contributed by atoms with Crippen molar-refractivity contribution in [3.8, 4) is 0 Å². The quantitative estimate of drug-likeness (QED) is 0.561. The molecule has 0 bridgehead atoms. The van der Waals surface area contributed by atoms with Crippen LogP contribution in [0.25, 0.3) is 0 Å². The van der Waals surface area contributed by atoms with Crippen molar-refractivity contribution in [2.24, 2.45) is 0 Å². The molecule has 2 amide bonds. The number of carbonyl (C=O) groups is 2. The summed E-state index contributed by atoms with van der Waals surface area (Å²) in [6.07, 6.45) is 4.79. The average Bonchev–Trinajstić information content (AvgIpc) is 2.85. The molecule has 0 spiro atoms. The van der Waals surface area contributed by atoms with Crippen molar-refractivity contribution in [3.63, 3.8) is 0 Å². The summed E-state index contributed by atoms with van der Waals surface area (Å²) in [4.78, 5) is 38.0. The molecule has 4 rings (SSSR count). The standard InChI is InChI=1S/C25H27N5O4S/c1-18-4-9-21(35(2,33)34)17-22(18)24(32)28-20-7-5-19(6-8-20)16-23(31)29-12-14-30(15-13-29)25-26-10-3-11-27-25/h3-11,17H,12-16H2,1-2H3,(H,28,32). The maximum atomic E-state index is 12.8. The summed E-state index contributed by atoms with van der Waals surface area (Å²) in [6.45, 7) is 4.33. The summed E-state index contributed by atoms with van der Waals surface area (Å²) in [7, 11) is -3.42. The summed E-state index contributed by atoms with van der Waals surface area (Å²) in [5.41, 5.74) is 2.38. The number of carbonyl (C=O) groups excluding carboxylic acids is 2. The predicted octanol–water partition coefficient (Wildman–Crippen LogP) is 2.33. The Balaban J connectivity index is 1.33. The Morgan fingerprint density at radius 1 is 0.971 bits per heavy atom. The molecule has 0 saturated carbocycles. The van der Waals surface area contributed by atoms with Crippen molar-refractivity contribution in [3.05, 3.63) is 77.6 Å². The van der Waals surface area contributed by atoms with E-state index in [0.29, 0.717) is 48.9 Å². The Morgan fingerprint density at radius 3 is 2.26 bits per heavy atom. The first-order valence-electron chi connectivity index (χ1n) is 11.2. The second kappa shape index (κ2) is 10.2. The summed E-state index contributed by atoms with van der Waals surface area (Å²) >= 11 is 0. The van der Waals surface area contributed by atoms with Crippen LogP contribution in [0.4, 0.5) is 11.6 Å². The zero-order chi connectivity index (χ0) is 25.0. The lowest BCUT2D eigenvalue weighted by Crippen LogP contribution is -2.49. The molecule has 2 aromatic carbocycles. The van der Waals surface area contributed by atoms with Crippen LogP contribution in [-0.4, -0.2) is 67.5 Å². The molecule has 0 unspecified atom stereocenters. The molecule has 1 saturated heterocycles. The van der Waals surface area contributed by atoms with Crippen molar-refractivity contribution in [2.45, 2.75) is 18.2 Å². The molecular weight excluding hydrogens is 466 g/mol. The van der Waals surface area contributed by atoms with E-state index in [2.05, 4.69) is 20.2 Å². The Kier molecular flexibility index (Phi) is 7.11. The van der Waals surface area contributed by atoms with Crippen molar-refractivity contribution >= 4 is 33.3 Å². The number of hydrogen-bond donors (Lipinski definition) is 1. The Morgan fingerprint density at radius 2 is 1.63 bits per heavy atom. The van der Waals surface area contributed by atoms with Gasteiger partial charge in [0.15, 0.2) is 9.84 Å². The molecule has 35 heavy (non-hydrogen) atoms. The van der Waals surface area contributed by atoms with E-state index in [4.69, 9.17) is 0 Å². The van der Waals surface area contributed by atoms with Crippen LogP contribution in [0.5, 0.6) is 0 Å². The zero-order valence-electron chi connectivity index (χ0n) is 19.6. The van der Waals surface area contributed by atoms with Gasteiger partial charge in [-0.2, -0.15) is 0 Å². The van der Waals surface area contributed by atoms with Crippen molar-refractivity contribution < 1.29 is 18.0 Å². The van der Waals surface area contributed by atoms with Gasteiger partial charge in [-0.05, 0) is 48.4 Å². The Bertz CT molecular complexity index is 1320. The van der Waals surface area contributed by atoms with E-state index in [1.165, 1.54) is 12.1 Å². The number of aryl methyl sites for hydroxylation is 1. The number of nitrogens with one attached hydrogen (secondary N) is 1. The number of aromatic nitrogens is 2. The maximum Gasteiger partial charge on any atom is 0.255 e. The SMILES string of the molecule is Cc1ccc(S(C)(=O)=O)cc1C(=O)Nc1ccc(CC(=O)N2CCN(c3ncccn3)CC2)cc1. The number of anilines is 2. The highest BCUT2D eigenvalue weighted by molar-refractivity contribution is 7.90. The highest BCUT2D eigenvalue weighted by Gasteiger charge is 2.22. The maximum absolute atomic E-state index is 12.8. The minimum Gasteiger partial charge on any atom is -0.339 e. The lowest BCUT2D eigenvalue weighted by atomic mass is 10.1. The van der Waals surface area contributed by atoms with E-state index in [0.717, 1.165) is 11.8 Å². The Labute approximate surface area is 204 Å². The molecule has 10 heteroatoms. The van der Waals surface area contributed by atoms with Crippen molar-refractivity contribution in [1.82, 2.24) is 14.9 Å². The van der Waals surface area contributed by atoms with Crippen LogP contribution >= 0.6 is 0 Å². The van der Waals surface area contributed by atoms with E-state index in [-0.39, 0.29) is 17.2 Å². The van der Waals surface area contributed by atoms with Gasteiger partial charge in [-0.15, -0.1) is 0 Å². The second-order valence-electron chi connectivity index (χ2n) is 8.49. The molecule has 1 aliphatic rings. The molecule has 1 fully saturated rings. The second-order valence-corrected chi connectivity index (χ2v) is 10.5. The first kappa shape index (κ1) is 24.3. The van der Waals surface area contributed by atoms with Crippen molar-refractivity contribution in [2.75, 3.05) is 42.7 Å². The van der Waals surface area contributed by atoms with Crippen LogP contribution in [0.3, 0.4) is 0 Å². The number of amides is 2. The number of piperazine rings is 1. The molecule has 2 heterocycles. The molecule has 0 atom stereocenters. The normalized spacial score (nSPS) is 14.0. The van der Waals surface area contributed by atoms with Gasteiger partial charge in [-0.3, -0.25) is 9.59 Å². The van der Waals surface area contributed by atoms with E-state index in [1.54, 1.807) is 55.7 Å². The predicted molar refractivity (Wildman–Crippen MR) is 133 cm³/mol. The fraction of sp³-hybridized carbons (Fsp3) is 0.280. The molecule has 3 aromatic rings. The molecule has 1 aliphatic heterocycles. The molecular formula is C25H27N5O4S. The topological polar surface area (TPSA) is 113 Å². The number of rotatable bonds is 6. The highest BCUT2D eigenvalue weighted by atomic mass is 32.2. The number of benzene rings is 2. The van der Waals surface area contributed by atoms with Crippen LogP contribution in [-0.2, 0) is 21.1 Å². The van der Waals surface area contributed by atoms with Gasteiger partial charge in [0.05, 0.1) is 11.3 Å². The van der Waals surface area contributed by atoms with Gasteiger partial charge in [0, 0.05) is 56.1 Å². The van der Waals surface area contributed by atoms with E-state index in [9.17, 15) is 18.0 Å². The highest BCUT2D eigenvalue weighted by Crippen LogP contribution is 2.19. The monoisotopic (exact) mass is 493 g/mol. The van der Waals surface area contributed by atoms with Gasteiger partial charge < -0.3 is 15.1 Å². The zero-order valence-corrected chi connectivity index (χ0v) is 20.5. The minimum absolute atomic E-state index is 0.0450. The fourth-order valence-corrected chi connectivity index (χ4v) is 4.52. The summed E-state index contributed by atoms with van der Waals surface area (Å²) < 4.78 is 23.7. The van der Waals surface area contributed by atoms with Gasteiger partial charge in [-0.25, -0.2) is 18.4 Å². The van der Waals surface area contributed by atoms with Gasteiger partial charge in [0.2, 0.25) is 11.9 Å². The number of sulfone groups is 1. The van der Waals surface area contributed by atoms with Gasteiger partial charge >= 0.3 is 0 Å². The number of hydrogen-bond acceptors (Lipinski definition) is 7. The number of nitrogens with zero attached hydrogens (tertiary/aromatic N) is 4. The minimum atomic E-state index is -3.42. The van der Waals surface area contributed by atoms with Crippen LogP contribution in [0.2, 0.25) is 0 Å². The van der Waals surface area contributed by atoms with Gasteiger partial charge in [0.1, 0.15) is 0 Å². The first-order valence-corrected chi connectivity index (χ1v) is 13.1. The van der Waals surface area contributed by atoms with Crippen LogP contribution < -0.4 is 10.2 Å². The van der Waals surface area contributed by atoms with Crippen LogP contribution in [0, 0.1) is 6.92 Å². The summed E-state index contributed by atoms with van der Waals surface area (Å²) in [6, 6.07) is 13.4. The Hall–Kier alpha value is -3.79. The third-order valence-corrected chi connectivity index (χ3v) is 7.03. The third kappa shape index (κ3) is 6.02. The van der Waals surface area contributed by atoms with E-state index < -0.39 is 15.7 Å². The fourth-order valence-electron chi connectivity index (χ4n) is 3.88. The van der Waals surface area contributed by atoms with Gasteiger partial charge in [-0.1, -0.05) is 18.2 Å². The smallest absolute Gasteiger partial charge is 0.255 e. The molecule has 0 radical (unpaired) electrons. The lowest BCUT2D eigenvalue weighted by molar-refractivity contribution is -0.130. The molecule has 9 nitrogen and oxygen atoms in total. The molecule has 1 N–H and O–H groups in total. The van der Waals surface area contributed by atoms with E-state index >= 15 is 0 Å². The van der Waals surface area contributed by atoms with E-state index in [1.807, 2.05) is 4.90 Å². The first-order chi connectivity index (χ1) is 16.7. The summed E-state index contributed by atoms with van der Waals surface area (Å²) in [5.74, 6) is 0.330. The molecule has 1 aromatic heterocycles. The molecule has 0 aliphatic carbocycles. The molecule has 182 valence electrons. The third-order valence-electron chi connectivity index (χ3n) is 5.92. The van der Waals surface area contributed by atoms with Crippen LogP contribution in [0.15, 0.2) is 65.8 Å². The van der Waals surface area contributed by atoms with Crippen LogP contribution in [0.1, 0.15) is 21.5 Å². The summed E-state index contributed by atoms with van der Waals surface area (Å²) in [5, 5.41) is 2.80. The van der Waals surface area contributed by atoms with Gasteiger partial charge in [0.25, 0.3) is 5.91 Å². The largest absolute Gasteiger partial charge is 0.339 e. The van der Waals surface area contributed by atoms with Crippen molar-refractivity contribution in [1.29, 1.82) is 0 Å².